The lowest BCUT2D eigenvalue weighted by atomic mass is 9.86. The summed E-state index contributed by atoms with van der Waals surface area (Å²) in [5, 5.41) is 9.42. The molecule has 1 heteroatoms. The molecule has 1 aromatic carbocycles. The Labute approximate surface area is 92.1 Å². The van der Waals surface area contributed by atoms with Gasteiger partial charge < -0.3 is 5.11 Å². The molecule has 0 amide bonds. The average molecular weight is 204 g/mol. The maximum Gasteiger partial charge on any atom is 0.0468 e. The highest BCUT2D eigenvalue weighted by molar-refractivity contribution is 5.36. The van der Waals surface area contributed by atoms with E-state index in [1.807, 2.05) is 0 Å². The van der Waals surface area contributed by atoms with Crippen molar-refractivity contribution in [1.82, 2.24) is 0 Å². The number of aliphatic hydroxyl groups excluding tert-OH is 1. The molecule has 0 aromatic heterocycles. The lowest BCUT2D eigenvalue weighted by Gasteiger charge is -2.20. The van der Waals surface area contributed by atoms with E-state index in [2.05, 4.69) is 38.1 Å². The summed E-state index contributed by atoms with van der Waals surface area (Å²) >= 11 is 0. The molecule has 0 fully saturated rings. The molecule has 0 saturated carbocycles. The smallest absolute Gasteiger partial charge is 0.0468 e. The fraction of sp³-hybridized carbons (Fsp3) is 0.571. The van der Waals surface area contributed by atoms with Crippen LogP contribution in [0.5, 0.6) is 0 Å². The molecule has 0 saturated heterocycles. The molecule has 0 heterocycles. The zero-order valence-corrected chi connectivity index (χ0v) is 9.61. The lowest BCUT2D eigenvalue weighted by molar-refractivity contribution is 0.203. The van der Waals surface area contributed by atoms with E-state index >= 15 is 0 Å². The zero-order valence-electron chi connectivity index (χ0n) is 9.61. The van der Waals surface area contributed by atoms with Crippen molar-refractivity contribution in [3.63, 3.8) is 0 Å². The SMILES string of the molecule is CC(C)CC1c2ccccc2CC1CO. The van der Waals surface area contributed by atoms with Crippen molar-refractivity contribution in [3.05, 3.63) is 35.4 Å². The summed E-state index contributed by atoms with van der Waals surface area (Å²) in [6, 6.07) is 8.66. The first-order valence-corrected chi connectivity index (χ1v) is 5.91. The summed E-state index contributed by atoms with van der Waals surface area (Å²) in [7, 11) is 0. The molecule has 15 heavy (non-hydrogen) atoms. The maximum atomic E-state index is 9.42. The highest BCUT2D eigenvalue weighted by Crippen LogP contribution is 2.41. The Morgan fingerprint density at radius 1 is 1.33 bits per heavy atom. The Morgan fingerprint density at radius 3 is 2.73 bits per heavy atom. The third-order valence-electron chi connectivity index (χ3n) is 3.47. The standard InChI is InChI=1S/C14H20O/c1-10(2)7-14-12(9-15)8-11-5-3-4-6-13(11)14/h3-6,10,12,14-15H,7-9H2,1-2H3. The third kappa shape index (κ3) is 2.07. The van der Waals surface area contributed by atoms with Crippen LogP contribution >= 0.6 is 0 Å². The van der Waals surface area contributed by atoms with E-state index in [0.29, 0.717) is 24.4 Å². The van der Waals surface area contributed by atoms with E-state index in [-0.39, 0.29) is 0 Å². The van der Waals surface area contributed by atoms with Gasteiger partial charge in [-0.1, -0.05) is 38.1 Å². The second-order valence-corrected chi connectivity index (χ2v) is 5.08. The van der Waals surface area contributed by atoms with Crippen LogP contribution in [0.3, 0.4) is 0 Å². The molecule has 0 radical (unpaired) electrons. The highest BCUT2D eigenvalue weighted by Gasteiger charge is 2.31. The fourth-order valence-corrected chi connectivity index (χ4v) is 2.78. The van der Waals surface area contributed by atoms with Gasteiger partial charge in [0, 0.05) is 6.61 Å². The minimum absolute atomic E-state index is 0.325. The zero-order chi connectivity index (χ0) is 10.8. The molecule has 1 aromatic rings. The minimum atomic E-state index is 0.325. The van der Waals surface area contributed by atoms with Gasteiger partial charge >= 0.3 is 0 Å². The van der Waals surface area contributed by atoms with Gasteiger partial charge in [-0.15, -0.1) is 0 Å². The van der Waals surface area contributed by atoms with Gasteiger partial charge in [0.05, 0.1) is 0 Å². The molecule has 1 aliphatic rings. The van der Waals surface area contributed by atoms with Gasteiger partial charge in [0.1, 0.15) is 0 Å². The van der Waals surface area contributed by atoms with Gasteiger partial charge in [0.2, 0.25) is 0 Å². The number of fused-ring (bicyclic) bond motifs is 1. The Balaban J connectivity index is 2.25. The van der Waals surface area contributed by atoms with Gasteiger partial charge in [-0.2, -0.15) is 0 Å². The molecule has 0 spiro atoms. The van der Waals surface area contributed by atoms with E-state index in [1.165, 1.54) is 17.5 Å². The van der Waals surface area contributed by atoms with Crippen LogP contribution in [0.1, 0.15) is 37.3 Å². The fourth-order valence-electron chi connectivity index (χ4n) is 2.78. The molecule has 0 bridgehead atoms. The van der Waals surface area contributed by atoms with Crippen LogP contribution in [-0.4, -0.2) is 11.7 Å². The van der Waals surface area contributed by atoms with Crippen molar-refractivity contribution in [2.75, 3.05) is 6.61 Å². The summed E-state index contributed by atoms with van der Waals surface area (Å²) < 4.78 is 0. The van der Waals surface area contributed by atoms with E-state index in [0.717, 1.165) is 6.42 Å². The van der Waals surface area contributed by atoms with Crippen molar-refractivity contribution in [2.24, 2.45) is 11.8 Å². The summed E-state index contributed by atoms with van der Waals surface area (Å²) in [4.78, 5) is 0. The summed E-state index contributed by atoms with van der Waals surface area (Å²) in [5.41, 5.74) is 2.92. The van der Waals surface area contributed by atoms with Gasteiger partial charge in [-0.3, -0.25) is 0 Å². The van der Waals surface area contributed by atoms with Crippen LogP contribution in [0.4, 0.5) is 0 Å². The Kier molecular flexibility index (Phi) is 3.11. The molecule has 2 rings (SSSR count). The summed E-state index contributed by atoms with van der Waals surface area (Å²) in [6.07, 6.45) is 2.26. The lowest BCUT2D eigenvalue weighted by Crippen LogP contribution is -2.14. The summed E-state index contributed by atoms with van der Waals surface area (Å²) in [5.74, 6) is 1.73. The van der Waals surface area contributed by atoms with Gasteiger partial charge in [-0.05, 0) is 41.7 Å². The highest BCUT2D eigenvalue weighted by atomic mass is 16.3. The summed E-state index contributed by atoms with van der Waals surface area (Å²) in [6.45, 7) is 4.84. The predicted octanol–water partition coefficient (Wildman–Crippen LogP) is 2.98. The largest absolute Gasteiger partial charge is 0.396 e. The first-order chi connectivity index (χ1) is 7.22. The van der Waals surface area contributed by atoms with E-state index < -0.39 is 0 Å². The van der Waals surface area contributed by atoms with Gasteiger partial charge in [0.25, 0.3) is 0 Å². The molecule has 0 aliphatic heterocycles. The van der Waals surface area contributed by atoms with Crippen LogP contribution in [0.15, 0.2) is 24.3 Å². The molecular weight excluding hydrogens is 184 g/mol. The van der Waals surface area contributed by atoms with Crippen molar-refractivity contribution >= 4 is 0 Å². The molecular formula is C14H20O. The molecule has 1 aliphatic carbocycles. The Bertz CT molecular complexity index is 330. The number of aliphatic hydroxyl groups is 1. The Hall–Kier alpha value is -0.820. The third-order valence-corrected chi connectivity index (χ3v) is 3.47. The second-order valence-electron chi connectivity index (χ2n) is 5.08. The topological polar surface area (TPSA) is 20.2 Å². The number of hydrogen-bond donors (Lipinski definition) is 1. The van der Waals surface area contributed by atoms with Crippen molar-refractivity contribution in [1.29, 1.82) is 0 Å². The monoisotopic (exact) mass is 204 g/mol. The van der Waals surface area contributed by atoms with E-state index in [4.69, 9.17) is 0 Å². The molecule has 1 N–H and O–H groups in total. The van der Waals surface area contributed by atoms with Crippen LogP contribution in [0.25, 0.3) is 0 Å². The van der Waals surface area contributed by atoms with Crippen molar-refractivity contribution in [3.8, 4) is 0 Å². The second kappa shape index (κ2) is 4.36. The molecule has 2 unspecified atom stereocenters. The molecule has 82 valence electrons. The normalized spacial score (nSPS) is 24.5. The molecule has 2 atom stereocenters. The Morgan fingerprint density at radius 2 is 2.07 bits per heavy atom. The first-order valence-electron chi connectivity index (χ1n) is 5.91. The van der Waals surface area contributed by atoms with Crippen molar-refractivity contribution in [2.45, 2.75) is 32.6 Å². The maximum absolute atomic E-state index is 9.42. The van der Waals surface area contributed by atoms with E-state index in [9.17, 15) is 5.11 Å². The van der Waals surface area contributed by atoms with E-state index in [1.54, 1.807) is 0 Å². The van der Waals surface area contributed by atoms with Crippen LogP contribution in [-0.2, 0) is 6.42 Å². The van der Waals surface area contributed by atoms with Crippen LogP contribution < -0.4 is 0 Å². The van der Waals surface area contributed by atoms with Crippen molar-refractivity contribution < 1.29 is 5.11 Å². The number of rotatable bonds is 3. The number of hydrogen-bond acceptors (Lipinski definition) is 1. The van der Waals surface area contributed by atoms with Crippen LogP contribution in [0, 0.1) is 11.8 Å². The van der Waals surface area contributed by atoms with Gasteiger partial charge in [0.15, 0.2) is 0 Å². The van der Waals surface area contributed by atoms with Crippen LogP contribution in [0.2, 0.25) is 0 Å². The first kappa shape index (κ1) is 10.7. The van der Waals surface area contributed by atoms with Gasteiger partial charge in [-0.25, -0.2) is 0 Å². The minimum Gasteiger partial charge on any atom is -0.396 e. The number of benzene rings is 1. The molecule has 1 nitrogen and oxygen atoms in total. The quantitative estimate of drug-likeness (QED) is 0.802. The average Bonchev–Trinajstić information content (AvgIpc) is 2.56. The predicted molar refractivity (Wildman–Crippen MR) is 62.9 cm³/mol.